The Morgan fingerprint density at radius 3 is 2.64 bits per heavy atom. The highest BCUT2D eigenvalue weighted by atomic mass is 35.5. The van der Waals surface area contributed by atoms with Gasteiger partial charge in [-0.15, -0.1) is 0 Å². The minimum Gasteiger partial charge on any atom is -0.485 e. The third-order valence-corrected chi connectivity index (χ3v) is 6.54. The number of furan rings is 1. The van der Waals surface area contributed by atoms with Crippen LogP contribution < -0.4 is 10.1 Å². The van der Waals surface area contributed by atoms with Gasteiger partial charge in [-0.3, -0.25) is 9.48 Å². The summed E-state index contributed by atoms with van der Waals surface area (Å²) in [6, 6.07) is 11.4. The maximum absolute atomic E-state index is 14.1. The van der Waals surface area contributed by atoms with Crippen molar-refractivity contribution < 1.29 is 18.3 Å². The van der Waals surface area contributed by atoms with Crippen LogP contribution in [0.4, 0.5) is 10.2 Å². The van der Waals surface area contributed by atoms with Gasteiger partial charge in [0.25, 0.3) is 5.91 Å². The standard InChI is InChI=1S/C26H23Cl3FN3O3/c1-14(2)17-10-20(28)15(3)9-24(17)35-13-16-7-8-23(36-16)26(34)31-25-21(29)12-33(32-25)11-18-19(27)5-4-6-22(18)30/h4-10,12,14H,11,13H2,1-3H3,(H,31,32,34). The first-order valence-corrected chi connectivity index (χ1v) is 12.2. The molecular formula is C26H23Cl3FN3O3. The highest BCUT2D eigenvalue weighted by molar-refractivity contribution is 6.33. The molecule has 0 radical (unpaired) electrons. The van der Waals surface area contributed by atoms with E-state index in [1.165, 1.54) is 29.1 Å². The van der Waals surface area contributed by atoms with E-state index in [-0.39, 0.29) is 46.3 Å². The van der Waals surface area contributed by atoms with Crippen LogP contribution in [0, 0.1) is 12.7 Å². The molecule has 0 aliphatic carbocycles. The van der Waals surface area contributed by atoms with Crippen LogP contribution in [0.2, 0.25) is 15.1 Å². The second-order valence-electron chi connectivity index (χ2n) is 8.53. The Balaban J connectivity index is 1.42. The molecule has 0 saturated carbocycles. The predicted molar refractivity (Wildman–Crippen MR) is 139 cm³/mol. The van der Waals surface area contributed by atoms with Gasteiger partial charge in [0, 0.05) is 21.8 Å². The predicted octanol–water partition coefficient (Wildman–Crippen LogP) is 7.89. The number of amides is 1. The average molecular weight is 551 g/mol. The number of hydrogen-bond donors (Lipinski definition) is 1. The van der Waals surface area contributed by atoms with Crippen LogP contribution in [-0.2, 0) is 13.2 Å². The molecule has 2 aromatic carbocycles. The normalized spacial score (nSPS) is 11.2. The number of anilines is 1. The van der Waals surface area contributed by atoms with E-state index in [9.17, 15) is 9.18 Å². The third-order valence-electron chi connectivity index (χ3n) is 5.50. The number of benzene rings is 2. The summed E-state index contributed by atoms with van der Waals surface area (Å²) in [4.78, 5) is 12.7. The van der Waals surface area contributed by atoms with Gasteiger partial charge in [-0.05, 0) is 60.4 Å². The minimum atomic E-state index is -0.539. The first-order valence-electron chi connectivity index (χ1n) is 11.1. The van der Waals surface area contributed by atoms with Crippen molar-refractivity contribution >= 4 is 46.5 Å². The van der Waals surface area contributed by atoms with Gasteiger partial charge >= 0.3 is 0 Å². The fraction of sp³-hybridized carbons (Fsp3) is 0.231. The lowest BCUT2D eigenvalue weighted by Gasteiger charge is -2.15. The van der Waals surface area contributed by atoms with E-state index >= 15 is 0 Å². The summed E-state index contributed by atoms with van der Waals surface area (Å²) in [6.07, 6.45) is 1.47. The van der Waals surface area contributed by atoms with Crippen molar-refractivity contribution in [2.24, 2.45) is 0 Å². The molecule has 2 heterocycles. The summed E-state index contributed by atoms with van der Waals surface area (Å²) >= 11 is 18.6. The molecule has 4 aromatic rings. The van der Waals surface area contributed by atoms with Crippen molar-refractivity contribution in [2.75, 3.05) is 5.32 Å². The van der Waals surface area contributed by atoms with E-state index < -0.39 is 11.7 Å². The molecule has 1 amide bonds. The monoisotopic (exact) mass is 549 g/mol. The summed E-state index contributed by atoms with van der Waals surface area (Å²) in [5.74, 6) is 0.570. The SMILES string of the molecule is Cc1cc(OCc2ccc(C(=O)Nc3nn(Cc4c(F)cccc4Cl)cc3Cl)o2)c(C(C)C)cc1Cl. The number of ether oxygens (including phenoxy) is 1. The Morgan fingerprint density at radius 2 is 1.92 bits per heavy atom. The van der Waals surface area contributed by atoms with Crippen molar-refractivity contribution in [3.63, 3.8) is 0 Å². The second-order valence-corrected chi connectivity index (χ2v) is 9.75. The van der Waals surface area contributed by atoms with Gasteiger partial charge < -0.3 is 14.5 Å². The van der Waals surface area contributed by atoms with E-state index in [4.69, 9.17) is 44.0 Å². The van der Waals surface area contributed by atoms with Crippen LogP contribution in [0.3, 0.4) is 0 Å². The van der Waals surface area contributed by atoms with Crippen molar-refractivity contribution in [3.05, 3.63) is 97.8 Å². The van der Waals surface area contributed by atoms with Gasteiger partial charge in [-0.25, -0.2) is 4.39 Å². The average Bonchev–Trinajstić information content (AvgIpc) is 3.43. The van der Waals surface area contributed by atoms with Crippen LogP contribution in [0.15, 0.2) is 53.1 Å². The number of aromatic nitrogens is 2. The van der Waals surface area contributed by atoms with Crippen LogP contribution >= 0.6 is 34.8 Å². The van der Waals surface area contributed by atoms with Gasteiger partial charge in [0.15, 0.2) is 11.6 Å². The lowest BCUT2D eigenvalue weighted by molar-refractivity contribution is 0.0992. The van der Waals surface area contributed by atoms with E-state index in [0.717, 1.165) is 11.1 Å². The largest absolute Gasteiger partial charge is 0.485 e. The zero-order valence-electron chi connectivity index (χ0n) is 19.7. The number of carbonyl (C=O) groups excluding carboxylic acids is 1. The van der Waals surface area contributed by atoms with Gasteiger partial charge in [0.05, 0.1) is 6.54 Å². The topological polar surface area (TPSA) is 69.3 Å². The molecule has 1 N–H and O–H groups in total. The van der Waals surface area contributed by atoms with Crippen molar-refractivity contribution in [3.8, 4) is 5.75 Å². The molecule has 2 aromatic heterocycles. The third kappa shape index (κ3) is 5.86. The number of nitrogens with one attached hydrogen (secondary N) is 1. The zero-order valence-corrected chi connectivity index (χ0v) is 22.0. The molecule has 0 saturated heterocycles. The van der Waals surface area contributed by atoms with Gasteiger partial charge in [-0.2, -0.15) is 5.10 Å². The number of nitrogens with zero attached hydrogens (tertiary/aromatic N) is 2. The number of aryl methyl sites for hydroxylation is 1. The molecule has 36 heavy (non-hydrogen) atoms. The maximum Gasteiger partial charge on any atom is 0.292 e. The number of halogens is 4. The fourth-order valence-corrected chi connectivity index (χ4v) is 4.14. The molecule has 0 aliphatic heterocycles. The molecule has 10 heteroatoms. The molecule has 0 spiro atoms. The molecule has 4 rings (SSSR count). The van der Waals surface area contributed by atoms with Crippen LogP contribution in [0.5, 0.6) is 5.75 Å². The lowest BCUT2D eigenvalue weighted by Crippen LogP contribution is -2.12. The second kappa shape index (κ2) is 10.9. The molecule has 0 bridgehead atoms. The molecule has 0 fully saturated rings. The van der Waals surface area contributed by atoms with Crippen molar-refractivity contribution in [2.45, 2.75) is 39.8 Å². The Morgan fingerprint density at radius 1 is 1.14 bits per heavy atom. The molecule has 0 unspecified atom stereocenters. The highest BCUT2D eigenvalue weighted by Gasteiger charge is 2.18. The quantitative estimate of drug-likeness (QED) is 0.242. The van der Waals surface area contributed by atoms with Gasteiger partial charge in [0.2, 0.25) is 0 Å². The molecule has 6 nitrogen and oxygen atoms in total. The van der Waals surface area contributed by atoms with Crippen LogP contribution in [0.25, 0.3) is 0 Å². The van der Waals surface area contributed by atoms with E-state index in [1.54, 1.807) is 12.1 Å². The summed E-state index contributed by atoms with van der Waals surface area (Å²) < 4.78 is 27.1. The number of hydrogen-bond acceptors (Lipinski definition) is 4. The molecule has 0 atom stereocenters. The number of rotatable bonds is 8. The Bertz CT molecular complexity index is 1390. The van der Waals surface area contributed by atoms with Crippen LogP contribution in [0.1, 0.15) is 52.8 Å². The van der Waals surface area contributed by atoms with Gasteiger partial charge in [-0.1, -0.05) is 54.7 Å². The summed E-state index contributed by atoms with van der Waals surface area (Å²) in [7, 11) is 0. The summed E-state index contributed by atoms with van der Waals surface area (Å²) in [5, 5.41) is 7.97. The highest BCUT2D eigenvalue weighted by Crippen LogP contribution is 2.32. The summed E-state index contributed by atoms with van der Waals surface area (Å²) in [6.45, 7) is 6.20. The van der Waals surface area contributed by atoms with Crippen LogP contribution in [-0.4, -0.2) is 15.7 Å². The Labute approximate surface area is 222 Å². The van der Waals surface area contributed by atoms with Gasteiger partial charge in [0.1, 0.15) is 29.0 Å². The Hall–Kier alpha value is -3.00. The van der Waals surface area contributed by atoms with E-state index in [1.807, 2.05) is 19.1 Å². The lowest BCUT2D eigenvalue weighted by atomic mass is 10.0. The maximum atomic E-state index is 14.1. The number of carbonyl (C=O) groups is 1. The first kappa shape index (κ1) is 26.1. The summed E-state index contributed by atoms with van der Waals surface area (Å²) in [5.41, 5.74) is 2.16. The van der Waals surface area contributed by atoms with Crippen molar-refractivity contribution in [1.82, 2.24) is 9.78 Å². The molecule has 188 valence electrons. The Kier molecular flexibility index (Phi) is 7.93. The minimum absolute atomic E-state index is 0.0475. The van der Waals surface area contributed by atoms with Crippen molar-refractivity contribution in [1.29, 1.82) is 0 Å². The fourth-order valence-electron chi connectivity index (χ4n) is 3.55. The van der Waals surface area contributed by atoms with E-state index in [0.29, 0.717) is 16.5 Å². The zero-order chi connectivity index (χ0) is 26.0. The van der Waals surface area contributed by atoms with E-state index in [2.05, 4.69) is 24.3 Å². The molecule has 0 aliphatic rings. The smallest absolute Gasteiger partial charge is 0.292 e. The molecular weight excluding hydrogens is 528 g/mol. The first-order chi connectivity index (χ1) is 17.1.